The van der Waals surface area contributed by atoms with Crippen LogP contribution in [0.15, 0.2) is 48.0 Å². The highest BCUT2D eigenvalue weighted by Gasteiger charge is 2.03. The van der Waals surface area contributed by atoms with Crippen LogP contribution in [0.1, 0.15) is 18.9 Å². The standard InChI is InChI=1S/C14H17NO2/c1-3-9-17-14(16)10-12(2)15-11-13-7-5-4-6-8-13/h3-8H,1,9-11H2,2H3. The maximum Gasteiger partial charge on any atom is 0.311 e. The predicted molar refractivity (Wildman–Crippen MR) is 69.0 cm³/mol. The van der Waals surface area contributed by atoms with Crippen molar-refractivity contribution in [2.75, 3.05) is 6.61 Å². The number of aliphatic imine (C=N–C) groups is 1. The van der Waals surface area contributed by atoms with E-state index in [2.05, 4.69) is 11.6 Å². The molecule has 17 heavy (non-hydrogen) atoms. The van der Waals surface area contributed by atoms with Gasteiger partial charge < -0.3 is 4.74 Å². The Hall–Kier alpha value is -1.90. The first-order valence-corrected chi connectivity index (χ1v) is 5.52. The summed E-state index contributed by atoms with van der Waals surface area (Å²) in [6, 6.07) is 9.92. The zero-order valence-electron chi connectivity index (χ0n) is 10.1. The van der Waals surface area contributed by atoms with Gasteiger partial charge in [-0.2, -0.15) is 0 Å². The largest absolute Gasteiger partial charge is 0.461 e. The molecule has 0 radical (unpaired) electrons. The van der Waals surface area contributed by atoms with Crippen LogP contribution in [-0.4, -0.2) is 18.3 Å². The Morgan fingerprint density at radius 2 is 2.12 bits per heavy atom. The van der Waals surface area contributed by atoms with E-state index in [-0.39, 0.29) is 19.0 Å². The molecule has 1 aromatic carbocycles. The molecule has 3 nitrogen and oxygen atoms in total. The fraction of sp³-hybridized carbons (Fsp3) is 0.286. The lowest BCUT2D eigenvalue weighted by molar-refractivity contribution is -0.140. The van der Waals surface area contributed by atoms with Gasteiger partial charge in [-0.05, 0) is 12.5 Å². The van der Waals surface area contributed by atoms with Gasteiger partial charge in [0.05, 0.1) is 13.0 Å². The van der Waals surface area contributed by atoms with E-state index in [1.165, 1.54) is 0 Å². The normalized spacial score (nSPS) is 11.0. The summed E-state index contributed by atoms with van der Waals surface area (Å²) in [4.78, 5) is 15.6. The summed E-state index contributed by atoms with van der Waals surface area (Å²) in [7, 11) is 0. The number of hydrogen-bond donors (Lipinski definition) is 0. The molecule has 0 saturated carbocycles. The fourth-order valence-electron chi connectivity index (χ4n) is 1.28. The summed E-state index contributed by atoms with van der Waals surface area (Å²) in [5.74, 6) is -0.265. The van der Waals surface area contributed by atoms with Crippen molar-refractivity contribution in [3.63, 3.8) is 0 Å². The Labute approximate surface area is 102 Å². The molecule has 0 aliphatic rings. The molecule has 3 heteroatoms. The number of carbonyl (C=O) groups excluding carboxylic acids is 1. The van der Waals surface area contributed by atoms with Crippen molar-refractivity contribution in [1.82, 2.24) is 0 Å². The SMILES string of the molecule is C=CCOC(=O)CC(C)=NCc1ccccc1. The molecule has 0 amide bonds. The molecule has 1 rings (SSSR count). The van der Waals surface area contributed by atoms with Gasteiger partial charge in [-0.1, -0.05) is 43.0 Å². The zero-order valence-corrected chi connectivity index (χ0v) is 10.1. The molecule has 0 saturated heterocycles. The van der Waals surface area contributed by atoms with Crippen molar-refractivity contribution in [2.45, 2.75) is 19.9 Å². The first kappa shape index (κ1) is 13.2. The van der Waals surface area contributed by atoms with Crippen LogP contribution < -0.4 is 0 Å². The Kier molecular flexibility index (Phi) is 5.72. The molecule has 0 atom stereocenters. The number of hydrogen-bond acceptors (Lipinski definition) is 3. The minimum Gasteiger partial charge on any atom is -0.461 e. The summed E-state index contributed by atoms with van der Waals surface area (Å²) in [5.41, 5.74) is 1.91. The van der Waals surface area contributed by atoms with Gasteiger partial charge in [0.2, 0.25) is 0 Å². The topological polar surface area (TPSA) is 38.7 Å². The molecule has 0 bridgehead atoms. The van der Waals surface area contributed by atoms with Crippen LogP contribution in [0.4, 0.5) is 0 Å². The van der Waals surface area contributed by atoms with Crippen LogP contribution in [0.5, 0.6) is 0 Å². The van der Waals surface area contributed by atoms with Gasteiger partial charge in [0, 0.05) is 5.71 Å². The molecular formula is C14H17NO2. The van der Waals surface area contributed by atoms with Crippen molar-refractivity contribution >= 4 is 11.7 Å². The molecule has 1 aromatic rings. The number of carbonyl (C=O) groups is 1. The lowest BCUT2D eigenvalue weighted by atomic mass is 10.2. The van der Waals surface area contributed by atoms with Gasteiger partial charge in [0.25, 0.3) is 0 Å². The van der Waals surface area contributed by atoms with Crippen LogP contribution in [0.25, 0.3) is 0 Å². The van der Waals surface area contributed by atoms with Crippen molar-refractivity contribution in [1.29, 1.82) is 0 Å². The number of ether oxygens (including phenoxy) is 1. The average molecular weight is 231 g/mol. The van der Waals surface area contributed by atoms with E-state index in [1.807, 2.05) is 37.3 Å². The smallest absolute Gasteiger partial charge is 0.311 e. The van der Waals surface area contributed by atoms with E-state index in [0.29, 0.717) is 6.54 Å². The summed E-state index contributed by atoms with van der Waals surface area (Å²) in [5, 5.41) is 0. The van der Waals surface area contributed by atoms with E-state index in [9.17, 15) is 4.79 Å². The molecule has 0 aromatic heterocycles. The Bertz CT molecular complexity index is 396. The lowest BCUT2D eigenvalue weighted by Crippen LogP contribution is -2.09. The van der Waals surface area contributed by atoms with Crippen molar-refractivity contribution in [3.8, 4) is 0 Å². The summed E-state index contributed by atoms with van der Waals surface area (Å²) < 4.78 is 4.88. The van der Waals surface area contributed by atoms with Gasteiger partial charge in [-0.3, -0.25) is 9.79 Å². The third-order valence-electron chi connectivity index (χ3n) is 2.14. The quantitative estimate of drug-likeness (QED) is 0.429. The summed E-state index contributed by atoms with van der Waals surface area (Å²) in [6.07, 6.45) is 1.79. The summed E-state index contributed by atoms with van der Waals surface area (Å²) >= 11 is 0. The number of nitrogens with zero attached hydrogens (tertiary/aromatic N) is 1. The van der Waals surface area contributed by atoms with E-state index in [0.717, 1.165) is 11.3 Å². The van der Waals surface area contributed by atoms with Crippen LogP contribution in [-0.2, 0) is 16.1 Å². The molecular weight excluding hydrogens is 214 g/mol. The highest BCUT2D eigenvalue weighted by Crippen LogP contribution is 2.01. The molecule has 0 aliphatic carbocycles. The monoisotopic (exact) mass is 231 g/mol. The van der Waals surface area contributed by atoms with Crippen molar-refractivity contribution < 1.29 is 9.53 Å². The first-order chi connectivity index (χ1) is 8.22. The molecule has 0 spiro atoms. The van der Waals surface area contributed by atoms with Gasteiger partial charge in [0.1, 0.15) is 6.61 Å². The van der Waals surface area contributed by atoms with Gasteiger partial charge in [0.15, 0.2) is 0 Å². The zero-order chi connectivity index (χ0) is 12.5. The molecule has 90 valence electrons. The predicted octanol–water partition coefficient (Wildman–Crippen LogP) is 2.77. The van der Waals surface area contributed by atoms with Crippen LogP contribution in [0.3, 0.4) is 0 Å². The fourth-order valence-corrected chi connectivity index (χ4v) is 1.28. The second kappa shape index (κ2) is 7.39. The summed E-state index contributed by atoms with van der Waals surface area (Å²) in [6.45, 7) is 6.17. The lowest BCUT2D eigenvalue weighted by Gasteiger charge is -2.02. The van der Waals surface area contributed by atoms with Crippen molar-refractivity contribution in [2.24, 2.45) is 4.99 Å². The first-order valence-electron chi connectivity index (χ1n) is 5.52. The minimum atomic E-state index is -0.265. The minimum absolute atomic E-state index is 0.237. The third kappa shape index (κ3) is 5.66. The van der Waals surface area contributed by atoms with Crippen LogP contribution >= 0.6 is 0 Å². The average Bonchev–Trinajstić information content (AvgIpc) is 2.35. The third-order valence-corrected chi connectivity index (χ3v) is 2.14. The number of rotatable bonds is 6. The van der Waals surface area contributed by atoms with E-state index in [1.54, 1.807) is 6.08 Å². The maximum atomic E-state index is 11.3. The second-order valence-corrected chi connectivity index (χ2v) is 3.69. The molecule has 0 fully saturated rings. The van der Waals surface area contributed by atoms with E-state index in [4.69, 9.17) is 4.74 Å². The Balaban J connectivity index is 2.39. The van der Waals surface area contributed by atoms with Crippen LogP contribution in [0, 0.1) is 0 Å². The van der Waals surface area contributed by atoms with Crippen LogP contribution in [0.2, 0.25) is 0 Å². The number of esters is 1. The molecule has 0 aliphatic heterocycles. The molecule has 0 heterocycles. The van der Waals surface area contributed by atoms with Gasteiger partial charge in [-0.15, -0.1) is 0 Å². The number of benzene rings is 1. The Morgan fingerprint density at radius 1 is 1.41 bits per heavy atom. The van der Waals surface area contributed by atoms with Crippen molar-refractivity contribution in [3.05, 3.63) is 48.6 Å². The Morgan fingerprint density at radius 3 is 2.76 bits per heavy atom. The highest BCUT2D eigenvalue weighted by atomic mass is 16.5. The highest BCUT2D eigenvalue weighted by molar-refractivity contribution is 5.97. The van der Waals surface area contributed by atoms with E-state index < -0.39 is 0 Å². The van der Waals surface area contributed by atoms with E-state index >= 15 is 0 Å². The van der Waals surface area contributed by atoms with Gasteiger partial charge in [-0.25, -0.2) is 0 Å². The molecule has 0 N–H and O–H groups in total. The van der Waals surface area contributed by atoms with Gasteiger partial charge >= 0.3 is 5.97 Å². The maximum absolute atomic E-state index is 11.3. The molecule has 0 unspecified atom stereocenters. The second-order valence-electron chi connectivity index (χ2n) is 3.69.